The summed E-state index contributed by atoms with van der Waals surface area (Å²) in [5.41, 5.74) is 5.14. The molecule has 0 bridgehead atoms. The number of likely N-dealkylation sites (tertiary alicyclic amines) is 1. The minimum atomic E-state index is -1.50. The second-order valence-corrected chi connectivity index (χ2v) is 10.2. The number of fused-ring (bicyclic) bond motifs is 1. The maximum absolute atomic E-state index is 13.3. The number of carbonyl (C=O) groups excluding carboxylic acids is 3. The van der Waals surface area contributed by atoms with Crippen molar-refractivity contribution < 1.29 is 29.4 Å². The Morgan fingerprint density at radius 1 is 1.16 bits per heavy atom. The molecule has 0 radical (unpaired) electrons. The third-order valence-electron chi connectivity index (χ3n) is 7.26. The summed E-state index contributed by atoms with van der Waals surface area (Å²) in [6.45, 7) is 7.93. The molecular formula is C21H34N4O6. The average Bonchev–Trinajstić information content (AvgIpc) is 3.51. The maximum atomic E-state index is 13.3. The number of primary amides is 1. The van der Waals surface area contributed by atoms with Gasteiger partial charge in [-0.25, -0.2) is 4.79 Å². The Hall–Kier alpha value is -2.36. The van der Waals surface area contributed by atoms with Crippen LogP contribution in [0.25, 0.3) is 0 Å². The number of nitrogens with one attached hydrogen (secondary N) is 2. The molecule has 10 nitrogen and oxygen atoms in total. The summed E-state index contributed by atoms with van der Waals surface area (Å²) in [7, 11) is 0. The van der Waals surface area contributed by atoms with Gasteiger partial charge < -0.3 is 31.5 Å². The number of carbonyl (C=O) groups is 4. The number of carboxylic acid groups (broad SMARTS) is 1. The van der Waals surface area contributed by atoms with Crippen LogP contribution in [0.2, 0.25) is 0 Å². The van der Waals surface area contributed by atoms with Crippen LogP contribution in [0, 0.1) is 29.1 Å². The summed E-state index contributed by atoms with van der Waals surface area (Å²) < 4.78 is 0. The Balaban J connectivity index is 1.80. The highest BCUT2D eigenvalue weighted by Crippen LogP contribution is 2.65. The van der Waals surface area contributed by atoms with Crippen molar-refractivity contribution in [1.29, 1.82) is 0 Å². The molecule has 0 aromatic rings. The predicted octanol–water partition coefficient (Wildman–Crippen LogP) is -0.107. The van der Waals surface area contributed by atoms with Crippen molar-refractivity contribution in [2.45, 2.75) is 71.2 Å². The van der Waals surface area contributed by atoms with Gasteiger partial charge in [-0.1, -0.05) is 40.5 Å². The minimum absolute atomic E-state index is 0.0682. The predicted molar refractivity (Wildman–Crippen MR) is 111 cm³/mol. The molecule has 0 aromatic heterocycles. The van der Waals surface area contributed by atoms with Crippen molar-refractivity contribution in [2.75, 3.05) is 6.54 Å². The zero-order chi connectivity index (χ0) is 23.2. The molecule has 3 fully saturated rings. The van der Waals surface area contributed by atoms with Gasteiger partial charge in [-0.05, 0) is 35.5 Å². The quantitative estimate of drug-likeness (QED) is 0.337. The van der Waals surface area contributed by atoms with E-state index in [1.54, 1.807) is 13.8 Å². The Bertz CT molecular complexity index is 765. The van der Waals surface area contributed by atoms with E-state index in [1.165, 1.54) is 4.90 Å². The second kappa shape index (κ2) is 8.29. The molecule has 1 aliphatic heterocycles. The first kappa shape index (κ1) is 23.3. The van der Waals surface area contributed by atoms with Crippen molar-refractivity contribution in [2.24, 2.45) is 34.8 Å². The molecule has 4 amide bonds. The summed E-state index contributed by atoms with van der Waals surface area (Å²) in [6.07, 6.45) is -0.411. The molecule has 0 spiro atoms. The lowest BCUT2D eigenvalue weighted by molar-refractivity contribution is -0.143. The van der Waals surface area contributed by atoms with Gasteiger partial charge >= 0.3 is 6.09 Å². The van der Waals surface area contributed by atoms with E-state index in [2.05, 4.69) is 10.6 Å². The van der Waals surface area contributed by atoms with Gasteiger partial charge in [0.25, 0.3) is 0 Å². The van der Waals surface area contributed by atoms with Crippen LogP contribution in [-0.2, 0) is 14.4 Å². The fourth-order valence-corrected chi connectivity index (χ4v) is 5.08. The molecule has 0 aromatic carbocycles. The van der Waals surface area contributed by atoms with E-state index in [0.29, 0.717) is 18.9 Å². The first-order valence-corrected chi connectivity index (χ1v) is 10.9. The Kier molecular flexibility index (Phi) is 6.23. The van der Waals surface area contributed by atoms with Crippen LogP contribution >= 0.6 is 0 Å². The molecule has 1 saturated heterocycles. The lowest BCUT2D eigenvalue weighted by Crippen LogP contribution is -2.59. The van der Waals surface area contributed by atoms with Crippen molar-refractivity contribution in [1.82, 2.24) is 15.5 Å². The van der Waals surface area contributed by atoms with Crippen LogP contribution in [-0.4, -0.2) is 69.7 Å². The Morgan fingerprint density at radius 2 is 1.77 bits per heavy atom. The fraction of sp³-hybridized carbons (Fsp3) is 0.810. The molecule has 2 aliphatic carbocycles. The number of hydrogen-bond acceptors (Lipinski definition) is 5. The molecule has 6 N–H and O–H groups in total. The highest BCUT2D eigenvalue weighted by atomic mass is 16.4. The number of piperidine rings is 1. The Morgan fingerprint density at radius 3 is 2.26 bits per heavy atom. The van der Waals surface area contributed by atoms with Gasteiger partial charge in [-0.15, -0.1) is 0 Å². The zero-order valence-corrected chi connectivity index (χ0v) is 18.5. The van der Waals surface area contributed by atoms with Crippen molar-refractivity contribution in [3.63, 3.8) is 0 Å². The number of aliphatic hydroxyl groups excluding tert-OH is 1. The highest BCUT2D eigenvalue weighted by molar-refractivity contribution is 5.93. The van der Waals surface area contributed by atoms with Crippen LogP contribution in [0.4, 0.5) is 4.79 Å². The smallest absolute Gasteiger partial charge is 0.405 e. The van der Waals surface area contributed by atoms with Crippen LogP contribution in [0.3, 0.4) is 0 Å². The zero-order valence-electron chi connectivity index (χ0n) is 18.5. The fourth-order valence-electron chi connectivity index (χ4n) is 5.08. The Labute approximate surface area is 181 Å². The number of aliphatic hydroxyl groups is 1. The normalized spacial score (nSPS) is 29.0. The van der Waals surface area contributed by atoms with E-state index < -0.39 is 48.0 Å². The third-order valence-corrected chi connectivity index (χ3v) is 7.26. The first-order chi connectivity index (χ1) is 14.4. The van der Waals surface area contributed by atoms with Crippen LogP contribution in [0.5, 0.6) is 0 Å². The SMILES string of the molecule is CC(C)[C@H](NC(=O)O)C(=O)N1C[C@H]2[C@@H]([C@H]1C(=O)NC(CC1CC1)C(O)C(N)=O)C2(C)C. The summed E-state index contributed by atoms with van der Waals surface area (Å²) >= 11 is 0. The van der Waals surface area contributed by atoms with Crippen LogP contribution < -0.4 is 16.4 Å². The third kappa shape index (κ3) is 4.63. The standard InChI is InChI=1S/C21H34N4O6/c1-9(2)14(24-20(30)31)19(29)25-8-11-13(21(11,3)4)15(25)18(28)23-12(7-10-5-6-10)16(26)17(22)27/h9-16,24,26H,5-8H2,1-4H3,(H2,22,27)(H,23,28)(H,30,31)/t11-,12?,13-,14-,15-,16?/m0/s1. The van der Waals surface area contributed by atoms with Gasteiger partial charge in [0.05, 0.1) is 6.04 Å². The van der Waals surface area contributed by atoms with Gasteiger partial charge in [0.15, 0.2) is 6.10 Å². The summed E-state index contributed by atoms with van der Waals surface area (Å²) in [6, 6.07) is -2.56. The van der Waals surface area contributed by atoms with Crippen molar-refractivity contribution >= 4 is 23.8 Å². The van der Waals surface area contributed by atoms with E-state index in [9.17, 15) is 24.3 Å². The van der Waals surface area contributed by atoms with E-state index in [0.717, 1.165) is 12.8 Å². The van der Waals surface area contributed by atoms with Gasteiger partial charge in [0.2, 0.25) is 17.7 Å². The van der Waals surface area contributed by atoms with Crippen LogP contribution in [0.15, 0.2) is 0 Å². The van der Waals surface area contributed by atoms with Crippen molar-refractivity contribution in [3.05, 3.63) is 0 Å². The second-order valence-electron chi connectivity index (χ2n) is 10.2. The van der Waals surface area contributed by atoms with E-state index >= 15 is 0 Å². The molecule has 3 rings (SSSR count). The molecule has 2 saturated carbocycles. The largest absolute Gasteiger partial charge is 0.465 e. The maximum Gasteiger partial charge on any atom is 0.405 e. The van der Waals surface area contributed by atoms with Gasteiger partial charge in [-0.2, -0.15) is 0 Å². The first-order valence-electron chi connectivity index (χ1n) is 10.9. The summed E-state index contributed by atoms with van der Waals surface area (Å²) in [5.74, 6) is -1.67. The van der Waals surface area contributed by atoms with Gasteiger partial charge in [-0.3, -0.25) is 14.4 Å². The lowest BCUT2D eigenvalue weighted by Gasteiger charge is -2.35. The highest BCUT2D eigenvalue weighted by Gasteiger charge is 2.69. The molecule has 2 unspecified atom stereocenters. The summed E-state index contributed by atoms with van der Waals surface area (Å²) in [4.78, 5) is 50.8. The molecule has 31 heavy (non-hydrogen) atoms. The number of amides is 4. The van der Waals surface area contributed by atoms with E-state index in [1.807, 2.05) is 13.8 Å². The van der Waals surface area contributed by atoms with Crippen molar-refractivity contribution in [3.8, 4) is 0 Å². The monoisotopic (exact) mass is 438 g/mol. The molecule has 10 heteroatoms. The average molecular weight is 439 g/mol. The topological polar surface area (TPSA) is 162 Å². The molecule has 174 valence electrons. The molecule has 3 aliphatic rings. The summed E-state index contributed by atoms with van der Waals surface area (Å²) in [5, 5.41) is 24.4. The molecule has 6 atom stereocenters. The number of nitrogens with zero attached hydrogens (tertiary/aromatic N) is 1. The van der Waals surface area contributed by atoms with Gasteiger partial charge in [0.1, 0.15) is 12.1 Å². The number of rotatable bonds is 9. The number of hydrogen-bond donors (Lipinski definition) is 5. The van der Waals surface area contributed by atoms with E-state index in [4.69, 9.17) is 10.8 Å². The molecular weight excluding hydrogens is 404 g/mol. The lowest BCUT2D eigenvalue weighted by atomic mass is 9.96. The number of nitrogens with two attached hydrogens (primary N) is 1. The van der Waals surface area contributed by atoms with Gasteiger partial charge in [0, 0.05) is 6.54 Å². The molecule has 1 heterocycles. The van der Waals surface area contributed by atoms with Crippen LogP contribution in [0.1, 0.15) is 47.0 Å². The minimum Gasteiger partial charge on any atom is -0.465 e. The van der Waals surface area contributed by atoms with E-state index in [-0.39, 0.29) is 23.2 Å².